The van der Waals surface area contributed by atoms with Crippen LogP contribution in [0.1, 0.15) is 5.56 Å². The minimum absolute atomic E-state index is 0.145. The molecule has 0 aromatic heterocycles. The van der Waals surface area contributed by atoms with Crippen molar-refractivity contribution in [2.75, 3.05) is 6.54 Å². The number of halogens is 6. The van der Waals surface area contributed by atoms with E-state index in [-0.39, 0.29) is 9.37 Å². The van der Waals surface area contributed by atoms with Gasteiger partial charge in [-0.25, -0.2) is 21.9 Å². The first kappa shape index (κ1) is 17.9. The maximum atomic E-state index is 12.7. The van der Waals surface area contributed by atoms with E-state index in [1.54, 1.807) is 6.92 Å². The van der Waals surface area contributed by atoms with E-state index in [0.717, 1.165) is 0 Å². The van der Waals surface area contributed by atoms with Crippen LogP contribution >= 0.6 is 31.9 Å². The topological polar surface area (TPSA) is 46.2 Å². The highest BCUT2D eigenvalue weighted by molar-refractivity contribution is 9.11. The van der Waals surface area contributed by atoms with Gasteiger partial charge in [0.25, 0.3) is 0 Å². The number of hydrogen-bond acceptors (Lipinski definition) is 2. The van der Waals surface area contributed by atoms with E-state index in [1.165, 1.54) is 16.9 Å². The number of sulfonamides is 1. The molecule has 0 aliphatic rings. The molecular weight excluding hydrogens is 434 g/mol. The van der Waals surface area contributed by atoms with Gasteiger partial charge in [-0.15, -0.1) is 0 Å². The summed E-state index contributed by atoms with van der Waals surface area (Å²) in [6.07, 6.45) is -3.95. The first-order valence-electron chi connectivity index (χ1n) is 5.08. The molecule has 114 valence electrons. The Kier molecular flexibility index (Phi) is 5.61. The van der Waals surface area contributed by atoms with E-state index in [1.807, 2.05) is 0 Å². The average Bonchev–Trinajstić information content (AvgIpc) is 2.31. The second-order valence-corrected chi connectivity index (χ2v) is 7.36. The zero-order chi connectivity index (χ0) is 15.7. The van der Waals surface area contributed by atoms with Crippen LogP contribution in [0.5, 0.6) is 0 Å². The van der Waals surface area contributed by atoms with Gasteiger partial charge < -0.3 is 0 Å². The van der Waals surface area contributed by atoms with Crippen molar-refractivity contribution in [3.05, 3.63) is 26.6 Å². The first-order valence-corrected chi connectivity index (χ1v) is 8.15. The molecule has 0 aliphatic heterocycles. The Hall–Kier alpha value is -0.190. The molecule has 1 rings (SSSR count). The van der Waals surface area contributed by atoms with Gasteiger partial charge in [0.1, 0.15) is 0 Å². The van der Waals surface area contributed by atoms with E-state index >= 15 is 0 Å². The zero-order valence-electron chi connectivity index (χ0n) is 9.93. The highest BCUT2D eigenvalue weighted by atomic mass is 79.9. The molecule has 0 bridgehead atoms. The van der Waals surface area contributed by atoms with Crippen molar-refractivity contribution in [2.24, 2.45) is 0 Å². The van der Waals surface area contributed by atoms with Crippen LogP contribution in [0.25, 0.3) is 0 Å². The molecule has 0 fully saturated rings. The van der Waals surface area contributed by atoms with Crippen LogP contribution in [-0.4, -0.2) is 27.3 Å². The molecule has 0 heterocycles. The van der Waals surface area contributed by atoms with Crippen molar-refractivity contribution in [1.82, 2.24) is 4.72 Å². The van der Waals surface area contributed by atoms with Gasteiger partial charge in [-0.05, 0) is 40.5 Å². The molecular formula is C10H9Br2F4NO2S. The fourth-order valence-corrected chi connectivity index (χ4v) is 3.90. The fraction of sp³-hybridized carbons (Fsp3) is 0.400. The predicted octanol–water partition coefficient (Wildman–Crippen LogP) is 3.70. The summed E-state index contributed by atoms with van der Waals surface area (Å²) in [6.45, 7) is 0.0224. The number of benzene rings is 1. The summed E-state index contributed by atoms with van der Waals surface area (Å²) in [7, 11) is -4.34. The van der Waals surface area contributed by atoms with Gasteiger partial charge in [0.05, 0.1) is 11.4 Å². The average molecular weight is 443 g/mol. The third kappa shape index (κ3) is 4.15. The van der Waals surface area contributed by atoms with E-state index in [0.29, 0.717) is 10.0 Å². The third-order valence-corrected chi connectivity index (χ3v) is 5.53. The van der Waals surface area contributed by atoms with Crippen LogP contribution in [0.3, 0.4) is 0 Å². The van der Waals surface area contributed by atoms with Crippen LogP contribution in [0.4, 0.5) is 17.6 Å². The summed E-state index contributed by atoms with van der Waals surface area (Å²) in [5, 5.41) is 0. The molecule has 0 saturated heterocycles. The highest BCUT2D eigenvalue weighted by Crippen LogP contribution is 2.29. The lowest BCUT2D eigenvalue weighted by Gasteiger charge is -2.16. The number of aryl methyl sites for hydroxylation is 1. The number of rotatable bonds is 5. The van der Waals surface area contributed by atoms with Crippen LogP contribution in [0, 0.1) is 6.92 Å². The van der Waals surface area contributed by atoms with Crippen molar-refractivity contribution < 1.29 is 26.0 Å². The quantitative estimate of drug-likeness (QED) is 0.706. The van der Waals surface area contributed by atoms with Crippen molar-refractivity contribution >= 4 is 41.9 Å². The van der Waals surface area contributed by atoms with Crippen LogP contribution < -0.4 is 4.72 Å². The second kappa shape index (κ2) is 6.29. The van der Waals surface area contributed by atoms with Crippen LogP contribution in [0.2, 0.25) is 0 Å². The molecule has 0 unspecified atom stereocenters. The Morgan fingerprint density at radius 1 is 1.25 bits per heavy atom. The summed E-state index contributed by atoms with van der Waals surface area (Å²) in [4.78, 5) is -0.319. The Labute approximate surface area is 130 Å². The Balaban J connectivity index is 3.04. The standard InChI is InChI=1S/C10H9Br2F4NO2S/c1-5-2-7(12)8(3-6(5)11)20(18,19)17-4-10(15,16)9(13)14/h2-3,9,17H,4H2,1H3. The molecule has 10 heteroatoms. The molecule has 1 aromatic carbocycles. The molecule has 0 radical (unpaired) electrons. The predicted molar refractivity (Wildman–Crippen MR) is 72.7 cm³/mol. The van der Waals surface area contributed by atoms with Crippen molar-refractivity contribution in [1.29, 1.82) is 0 Å². The largest absolute Gasteiger partial charge is 0.320 e. The van der Waals surface area contributed by atoms with Gasteiger partial charge in [-0.2, -0.15) is 8.78 Å². The fourth-order valence-electron chi connectivity index (χ4n) is 1.18. The summed E-state index contributed by atoms with van der Waals surface area (Å²) < 4.78 is 75.2. The summed E-state index contributed by atoms with van der Waals surface area (Å²) in [6, 6.07) is 2.66. The van der Waals surface area contributed by atoms with Gasteiger partial charge >= 0.3 is 12.3 Å². The van der Waals surface area contributed by atoms with Crippen LogP contribution in [0.15, 0.2) is 26.0 Å². The number of alkyl halides is 4. The van der Waals surface area contributed by atoms with E-state index in [2.05, 4.69) is 31.9 Å². The summed E-state index contributed by atoms with van der Waals surface area (Å²) in [5.41, 5.74) is 0.716. The van der Waals surface area contributed by atoms with Gasteiger partial charge in [-0.3, -0.25) is 0 Å². The first-order chi connectivity index (χ1) is 8.97. The normalized spacial score (nSPS) is 13.0. The van der Waals surface area contributed by atoms with Gasteiger partial charge in [0.2, 0.25) is 10.0 Å². The monoisotopic (exact) mass is 441 g/mol. The molecule has 1 N–H and O–H groups in total. The maximum Gasteiger partial charge on any atom is 0.320 e. The molecule has 3 nitrogen and oxygen atoms in total. The molecule has 20 heavy (non-hydrogen) atoms. The lowest BCUT2D eigenvalue weighted by atomic mass is 10.2. The minimum atomic E-state index is -4.43. The molecule has 0 amide bonds. The molecule has 0 aliphatic carbocycles. The van der Waals surface area contributed by atoms with Gasteiger partial charge in [0, 0.05) is 8.95 Å². The summed E-state index contributed by atoms with van der Waals surface area (Å²) in [5.74, 6) is -4.43. The second-order valence-electron chi connectivity index (χ2n) is 3.92. The van der Waals surface area contributed by atoms with Crippen molar-refractivity contribution in [2.45, 2.75) is 24.2 Å². The van der Waals surface area contributed by atoms with E-state index in [9.17, 15) is 26.0 Å². The van der Waals surface area contributed by atoms with Gasteiger partial charge in [0.15, 0.2) is 0 Å². The molecule has 0 spiro atoms. The van der Waals surface area contributed by atoms with E-state index < -0.39 is 28.9 Å². The lowest BCUT2D eigenvalue weighted by Crippen LogP contribution is -2.41. The molecule has 1 aromatic rings. The minimum Gasteiger partial charge on any atom is -0.207 e. The third-order valence-electron chi connectivity index (χ3n) is 2.32. The molecule has 0 atom stereocenters. The Morgan fingerprint density at radius 3 is 2.30 bits per heavy atom. The van der Waals surface area contributed by atoms with Crippen LogP contribution in [-0.2, 0) is 10.0 Å². The Bertz CT molecular complexity index is 608. The SMILES string of the molecule is Cc1cc(Br)c(S(=O)(=O)NCC(F)(F)C(F)F)cc1Br. The van der Waals surface area contributed by atoms with Gasteiger partial charge in [-0.1, -0.05) is 15.9 Å². The number of hydrogen-bond donors (Lipinski definition) is 1. The number of nitrogens with one attached hydrogen (secondary N) is 1. The smallest absolute Gasteiger partial charge is 0.207 e. The van der Waals surface area contributed by atoms with Crippen molar-refractivity contribution in [3.63, 3.8) is 0 Å². The lowest BCUT2D eigenvalue weighted by molar-refractivity contribution is -0.122. The summed E-state index contributed by atoms with van der Waals surface area (Å²) >= 11 is 6.10. The zero-order valence-corrected chi connectivity index (χ0v) is 13.9. The maximum absolute atomic E-state index is 12.7. The van der Waals surface area contributed by atoms with E-state index in [4.69, 9.17) is 0 Å². The molecule has 0 saturated carbocycles. The highest BCUT2D eigenvalue weighted by Gasteiger charge is 2.41. The van der Waals surface area contributed by atoms with Crippen molar-refractivity contribution in [3.8, 4) is 0 Å². The Morgan fingerprint density at radius 2 is 1.80 bits per heavy atom.